The number of carbonyl (C=O) groups is 1. The van der Waals surface area contributed by atoms with Gasteiger partial charge in [0.2, 0.25) is 0 Å². The first-order valence-electron chi connectivity index (χ1n) is 9.82. The number of hydrogen-bond acceptors (Lipinski definition) is 4. The predicted octanol–water partition coefficient (Wildman–Crippen LogP) is 3.72. The highest BCUT2D eigenvalue weighted by Crippen LogP contribution is 2.45. The summed E-state index contributed by atoms with van der Waals surface area (Å²) in [4.78, 5) is 14.9. The minimum absolute atomic E-state index is 0.0664. The van der Waals surface area contributed by atoms with Gasteiger partial charge in [0.15, 0.2) is 0 Å². The molecule has 0 atom stereocenters. The van der Waals surface area contributed by atoms with E-state index < -0.39 is 0 Å². The lowest BCUT2D eigenvalue weighted by Crippen LogP contribution is -2.48. The number of ether oxygens (including phenoxy) is 3. The van der Waals surface area contributed by atoms with Gasteiger partial charge in [0.05, 0.1) is 20.8 Å². The monoisotopic (exact) mass is 381 g/mol. The molecule has 1 amide bonds. The molecule has 1 saturated heterocycles. The number of carbonyl (C=O) groups excluding carboxylic acids is 1. The normalized spacial score (nSPS) is 17.9. The van der Waals surface area contributed by atoms with Crippen molar-refractivity contribution in [2.75, 3.05) is 33.9 Å². The third-order valence-electron chi connectivity index (χ3n) is 6.04. The summed E-state index contributed by atoms with van der Waals surface area (Å²) >= 11 is 0. The summed E-state index contributed by atoms with van der Waals surface area (Å²) in [5, 5.41) is 0. The van der Waals surface area contributed by atoms with E-state index in [0.29, 0.717) is 25.3 Å². The average Bonchev–Trinajstić information content (AvgIpc) is 2.73. The van der Waals surface area contributed by atoms with Crippen LogP contribution in [-0.4, -0.2) is 44.7 Å². The molecule has 0 unspecified atom stereocenters. The van der Waals surface area contributed by atoms with Crippen molar-refractivity contribution in [3.05, 3.63) is 58.7 Å². The van der Waals surface area contributed by atoms with E-state index in [-0.39, 0.29) is 11.5 Å². The second kappa shape index (κ2) is 7.47. The highest BCUT2D eigenvalue weighted by molar-refractivity contribution is 5.94. The third kappa shape index (κ3) is 3.14. The fourth-order valence-corrected chi connectivity index (χ4v) is 4.56. The summed E-state index contributed by atoms with van der Waals surface area (Å²) in [6, 6.07) is 11.8. The molecule has 4 rings (SSSR count). The molecule has 2 aromatic rings. The fourth-order valence-electron chi connectivity index (χ4n) is 4.56. The fraction of sp³-hybridized carbons (Fsp3) is 0.435. The number of aryl methyl sites for hydroxylation is 1. The van der Waals surface area contributed by atoms with Crippen molar-refractivity contribution >= 4 is 5.91 Å². The molecule has 0 aromatic heterocycles. The molecule has 5 nitrogen and oxygen atoms in total. The van der Waals surface area contributed by atoms with Gasteiger partial charge in [-0.1, -0.05) is 12.1 Å². The Bertz CT molecular complexity index is 870. The Hall–Kier alpha value is -2.53. The number of benzene rings is 2. The van der Waals surface area contributed by atoms with Gasteiger partial charge in [-0.25, -0.2) is 0 Å². The van der Waals surface area contributed by atoms with Gasteiger partial charge >= 0.3 is 0 Å². The molecule has 2 aliphatic heterocycles. The van der Waals surface area contributed by atoms with Crippen LogP contribution in [0.15, 0.2) is 36.4 Å². The van der Waals surface area contributed by atoms with Crippen molar-refractivity contribution in [2.24, 2.45) is 0 Å². The Morgan fingerprint density at radius 3 is 2.50 bits per heavy atom. The molecule has 0 aliphatic carbocycles. The highest BCUT2D eigenvalue weighted by atomic mass is 16.5. The zero-order chi connectivity index (χ0) is 19.7. The molecule has 28 heavy (non-hydrogen) atoms. The molecule has 2 aliphatic rings. The Kier molecular flexibility index (Phi) is 5.02. The van der Waals surface area contributed by atoms with E-state index in [1.807, 2.05) is 42.2 Å². The number of rotatable bonds is 3. The summed E-state index contributed by atoms with van der Waals surface area (Å²) in [6.07, 6.45) is 2.46. The summed E-state index contributed by atoms with van der Waals surface area (Å²) in [7, 11) is 3.35. The maximum absolute atomic E-state index is 13.0. The molecule has 0 saturated carbocycles. The number of likely N-dealkylation sites (tertiary alicyclic amines) is 1. The zero-order valence-electron chi connectivity index (χ0n) is 16.8. The van der Waals surface area contributed by atoms with Gasteiger partial charge < -0.3 is 19.1 Å². The summed E-state index contributed by atoms with van der Waals surface area (Å²) < 4.78 is 17.3. The number of amides is 1. The number of nitrogens with zero attached hydrogens (tertiary/aromatic N) is 1. The van der Waals surface area contributed by atoms with Gasteiger partial charge in [-0.05, 0) is 61.6 Å². The highest BCUT2D eigenvalue weighted by Gasteiger charge is 2.43. The van der Waals surface area contributed by atoms with Crippen molar-refractivity contribution in [3.8, 4) is 11.5 Å². The van der Waals surface area contributed by atoms with E-state index in [4.69, 9.17) is 14.2 Å². The van der Waals surface area contributed by atoms with E-state index in [9.17, 15) is 4.79 Å². The van der Waals surface area contributed by atoms with Crippen LogP contribution >= 0.6 is 0 Å². The van der Waals surface area contributed by atoms with Crippen LogP contribution in [0.2, 0.25) is 0 Å². The standard InChI is InChI=1S/C23H27NO4/c1-16-15-18(7-8-19(16)26-2)22(25)24-12-10-23(11-13-24)21-17(9-14-28-23)5-4-6-20(21)27-3/h4-8,15H,9-14H2,1-3H3. The predicted molar refractivity (Wildman–Crippen MR) is 107 cm³/mol. The third-order valence-corrected chi connectivity index (χ3v) is 6.04. The largest absolute Gasteiger partial charge is 0.496 e. The number of fused-ring (bicyclic) bond motifs is 2. The molecule has 1 spiro atoms. The van der Waals surface area contributed by atoms with Crippen LogP contribution in [0.5, 0.6) is 11.5 Å². The summed E-state index contributed by atoms with van der Waals surface area (Å²) in [5.41, 5.74) is 3.80. The smallest absolute Gasteiger partial charge is 0.253 e. The van der Waals surface area contributed by atoms with E-state index >= 15 is 0 Å². The lowest BCUT2D eigenvalue weighted by molar-refractivity contribution is -0.0946. The number of methoxy groups -OCH3 is 2. The minimum Gasteiger partial charge on any atom is -0.496 e. The van der Waals surface area contributed by atoms with Crippen LogP contribution in [-0.2, 0) is 16.8 Å². The summed E-state index contributed by atoms with van der Waals surface area (Å²) in [5.74, 6) is 1.76. The minimum atomic E-state index is -0.354. The molecule has 2 aromatic carbocycles. The van der Waals surface area contributed by atoms with E-state index in [0.717, 1.165) is 36.3 Å². The average molecular weight is 381 g/mol. The molecule has 0 bridgehead atoms. The van der Waals surface area contributed by atoms with Crippen LogP contribution in [0.4, 0.5) is 0 Å². The topological polar surface area (TPSA) is 48.0 Å². The Morgan fingerprint density at radius 1 is 1.07 bits per heavy atom. The van der Waals surface area contributed by atoms with Crippen LogP contribution < -0.4 is 9.47 Å². The number of hydrogen-bond donors (Lipinski definition) is 0. The van der Waals surface area contributed by atoms with Crippen LogP contribution in [0, 0.1) is 6.92 Å². The second-order valence-electron chi connectivity index (χ2n) is 7.56. The Morgan fingerprint density at radius 2 is 1.82 bits per heavy atom. The quantitative estimate of drug-likeness (QED) is 0.813. The molecule has 1 fully saturated rings. The molecule has 0 radical (unpaired) electrons. The van der Waals surface area contributed by atoms with Crippen molar-refractivity contribution < 1.29 is 19.0 Å². The van der Waals surface area contributed by atoms with Gasteiger partial charge in [0.25, 0.3) is 5.91 Å². The second-order valence-corrected chi connectivity index (χ2v) is 7.56. The van der Waals surface area contributed by atoms with Gasteiger partial charge in [0.1, 0.15) is 17.1 Å². The van der Waals surface area contributed by atoms with Crippen molar-refractivity contribution in [1.82, 2.24) is 4.90 Å². The van der Waals surface area contributed by atoms with Crippen LogP contribution in [0.1, 0.15) is 39.9 Å². The lowest BCUT2D eigenvalue weighted by atomic mass is 9.78. The van der Waals surface area contributed by atoms with E-state index in [1.165, 1.54) is 11.1 Å². The van der Waals surface area contributed by atoms with Gasteiger partial charge in [-0.3, -0.25) is 4.79 Å². The molecular weight excluding hydrogens is 354 g/mol. The van der Waals surface area contributed by atoms with Crippen molar-refractivity contribution in [1.29, 1.82) is 0 Å². The lowest BCUT2D eigenvalue weighted by Gasteiger charge is -2.45. The van der Waals surface area contributed by atoms with Gasteiger partial charge in [0, 0.05) is 24.2 Å². The van der Waals surface area contributed by atoms with E-state index in [2.05, 4.69) is 6.07 Å². The van der Waals surface area contributed by atoms with E-state index in [1.54, 1.807) is 14.2 Å². The number of piperidine rings is 1. The SMILES string of the molecule is COc1ccc(C(=O)N2CCC3(CC2)OCCc2cccc(OC)c23)cc1C. The summed E-state index contributed by atoms with van der Waals surface area (Å²) in [6.45, 7) is 4.01. The first-order chi connectivity index (χ1) is 13.6. The van der Waals surface area contributed by atoms with Gasteiger partial charge in [-0.2, -0.15) is 0 Å². The molecule has 0 N–H and O–H groups in total. The molecule has 5 heteroatoms. The Labute approximate surface area is 166 Å². The molecular formula is C23H27NO4. The maximum Gasteiger partial charge on any atom is 0.253 e. The first-order valence-corrected chi connectivity index (χ1v) is 9.82. The molecule has 148 valence electrons. The van der Waals surface area contributed by atoms with Crippen molar-refractivity contribution in [2.45, 2.75) is 31.8 Å². The zero-order valence-corrected chi connectivity index (χ0v) is 16.8. The van der Waals surface area contributed by atoms with Crippen LogP contribution in [0.25, 0.3) is 0 Å². The van der Waals surface area contributed by atoms with Crippen LogP contribution in [0.3, 0.4) is 0 Å². The maximum atomic E-state index is 13.0. The Balaban J connectivity index is 1.54. The molecule has 2 heterocycles. The first kappa shape index (κ1) is 18.8. The van der Waals surface area contributed by atoms with Gasteiger partial charge in [-0.15, -0.1) is 0 Å². The van der Waals surface area contributed by atoms with Crippen molar-refractivity contribution in [3.63, 3.8) is 0 Å².